The molecule has 0 fully saturated rings. The molecule has 0 saturated heterocycles. The van der Waals surface area contributed by atoms with E-state index in [1.165, 1.54) is 0 Å². The molecular formula is C12H19ClNO5P. The Morgan fingerprint density at radius 3 is 2.25 bits per heavy atom. The summed E-state index contributed by atoms with van der Waals surface area (Å²) in [7, 11) is 0. The van der Waals surface area contributed by atoms with Gasteiger partial charge in [-0.2, -0.15) is 0 Å². The first-order chi connectivity index (χ1) is 9.06. The van der Waals surface area contributed by atoms with Crippen molar-refractivity contribution in [3.63, 3.8) is 0 Å². The van der Waals surface area contributed by atoms with Gasteiger partial charge in [-0.1, -0.05) is 31.5 Å². The third-order valence-electron chi connectivity index (χ3n) is 2.19. The Morgan fingerprint density at radius 1 is 1.40 bits per heavy atom. The van der Waals surface area contributed by atoms with Crippen LogP contribution >= 0.6 is 18.2 Å². The van der Waals surface area contributed by atoms with Crippen LogP contribution in [0, 0.1) is 0 Å². The second-order valence-electron chi connectivity index (χ2n) is 4.34. The fourth-order valence-electron chi connectivity index (χ4n) is 1.33. The molecule has 0 saturated carbocycles. The van der Waals surface area contributed by atoms with Crippen LogP contribution in [0.1, 0.15) is 26.7 Å². The Morgan fingerprint density at radius 2 is 1.85 bits per heavy atom. The highest BCUT2D eigenvalue weighted by Gasteiger charge is 2.29. The van der Waals surface area contributed by atoms with Gasteiger partial charge in [0.25, 0.3) is 0 Å². The van der Waals surface area contributed by atoms with Crippen molar-refractivity contribution in [1.29, 1.82) is 0 Å². The lowest BCUT2D eigenvalue weighted by Crippen LogP contribution is -2.47. The molecule has 0 amide bonds. The van der Waals surface area contributed by atoms with Crippen LogP contribution in [-0.2, 0) is 9.36 Å². The highest BCUT2D eigenvalue weighted by Crippen LogP contribution is 2.39. The van der Waals surface area contributed by atoms with Gasteiger partial charge in [0.15, 0.2) is 0 Å². The summed E-state index contributed by atoms with van der Waals surface area (Å²) in [6.07, 6.45) is 1.48. The summed E-state index contributed by atoms with van der Waals surface area (Å²) in [6, 6.07) is 8.97. The van der Waals surface area contributed by atoms with E-state index in [2.05, 4.69) is 11.2 Å². The molecule has 0 aliphatic heterocycles. The number of para-hydroxylation sites is 1. The van der Waals surface area contributed by atoms with Crippen molar-refractivity contribution in [2.24, 2.45) is 5.73 Å². The third-order valence-corrected chi connectivity index (χ3v) is 2.19. The lowest BCUT2D eigenvalue weighted by molar-refractivity contribution is -0.140. The maximum Gasteiger partial charge on any atom is 0.419 e. The molecule has 1 unspecified atom stereocenters. The molecule has 1 aromatic rings. The van der Waals surface area contributed by atoms with E-state index in [4.69, 9.17) is 24.8 Å². The number of rotatable bonds is 4. The van der Waals surface area contributed by atoms with Gasteiger partial charge in [0, 0.05) is 11.2 Å². The van der Waals surface area contributed by atoms with Crippen molar-refractivity contribution < 1.29 is 23.9 Å². The van der Waals surface area contributed by atoms with Crippen LogP contribution in [0.2, 0.25) is 0 Å². The van der Waals surface area contributed by atoms with Crippen molar-refractivity contribution in [3.8, 4) is 5.75 Å². The molecule has 1 rings (SSSR count). The molecule has 114 valence electrons. The van der Waals surface area contributed by atoms with Crippen molar-refractivity contribution in [2.75, 3.05) is 0 Å². The van der Waals surface area contributed by atoms with E-state index in [1.807, 2.05) is 25.1 Å². The van der Waals surface area contributed by atoms with Crippen LogP contribution in [0.3, 0.4) is 0 Å². The first-order valence-corrected chi connectivity index (χ1v) is 8.39. The zero-order valence-electron chi connectivity index (χ0n) is 11.3. The van der Waals surface area contributed by atoms with Gasteiger partial charge < -0.3 is 20.3 Å². The quantitative estimate of drug-likeness (QED) is 0.446. The zero-order valence-corrected chi connectivity index (χ0v) is 13.0. The lowest BCUT2D eigenvalue weighted by Gasteiger charge is -2.21. The van der Waals surface area contributed by atoms with Crippen LogP contribution in [0.25, 0.3) is 0 Å². The molecule has 0 radical (unpaired) electrons. The van der Waals surface area contributed by atoms with Gasteiger partial charge in [-0.3, -0.25) is 0 Å². The average Bonchev–Trinajstić information content (AvgIpc) is 2.28. The number of carbonyl (C=O) groups is 1. The van der Waals surface area contributed by atoms with Gasteiger partial charge in [-0.25, -0.2) is 9.36 Å². The number of carbonyl (C=O) groups excluding carboxylic acids is 1. The predicted octanol–water partition coefficient (Wildman–Crippen LogP) is 2.43. The largest absolute Gasteiger partial charge is 0.425 e. The highest BCUT2D eigenvalue weighted by atomic mass is 35.7. The molecule has 20 heavy (non-hydrogen) atoms. The maximum atomic E-state index is 11.7. The van der Waals surface area contributed by atoms with Crippen LogP contribution < -0.4 is 10.5 Å². The monoisotopic (exact) mass is 323 g/mol. The predicted molar refractivity (Wildman–Crippen MR) is 77.5 cm³/mol. The summed E-state index contributed by atoms with van der Waals surface area (Å²) < 4.78 is 14.3. The molecule has 1 atom stereocenters. The van der Waals surface area contributed by atoms with E-state index in [0.29, 0.717) is 12.2 Å². The molecular weight excluding hydrogens is 305 g/mol. The molecule has 1 aromatic carbocycles. The summed E-state index contributed by atoms with van der Waals surface area (Å²) >= 11 is 4.20. The first-order valence-electron chi connectivity index (χ1n) is 5.87. The molecule has 0 aliphatic carbocycles. The maximum absolute atomic E-state index is 11.7. The zero-order chi connectivity index (χ0) is 15.8. The van der Waals surface area contributed by atoms with E-state index < -0.39 is 12.5 Å². The second-order valence-corrected chi connectivity index (χ2v) is 6.61. The van der Waals surface area contributed by atoms with Crippen LogP contribution in [0.4, 0.5) is 0 Å². The fourth-order valence-corrected chi connectivity index (χ4v) is 1.33. The number of esters is 1. The first kappa shape index (κ1) is 19.1. The third kappa shape index (κ3) is 9.95. The number of hydrogen-bond acceptors (Lipinski definition) is 4. The Hall–Kier alpha value is -0.910. The summed E-state index contributed by atoms with van der Waals surface area (Å²) in [4.78, 5) is 26.5. The smallest absolute Gasteiger partial charge is 0.419 e. The minimum atomic E-state index is -4.17. The Kier molecular flexibility index (Phi) is 8.01. The number of hydrogen-bond donors (Lipinski definition) is 3. The number of nitrogens with two attached hydrogens (primary N) is 1. The molecule has 8 heteroatoms. The van der Waals surface area contributed by atoms with Gasteiger partial charge in [0.05, 0.1) is 0 Å². The number of benzene rings is 1. The average molecular weight is 324 g/mol. The van der Waals surface area contributed by atoms with Crippen LogP contribution in [-0.4, -0.2) is 21.3 Å². The number of halogens is 1. The van der Waals surface area contributed by atoms with Crippen molar-refractivity contribution in [3.05, 3.63) is 30.3 Å². The van der Waals surface area contributed by atoms with Gasteiger partial charge >= 0.3 is 12.9 Å². The van der Waals surface area contributed by atoms with E-state index in [9.17, 15) is 4.79 Å². The molecule has 0 spiro atoms. The summed E-state index contributed by atoms with van der Waals surface area (Å²) in [6.45, 7) is -0.483. The molecule has 0 heterocycles. The Balaban J connectivity index is 0.000000621. The van der Waals surface area contributed by atoms with Crippen molar-refractivity contribution in [2.45, 2.75) is 32.2 Å². The lowest BCUT2D eigenvalue weighted by atomic mass is 9.98. The normalized spacial score (nSPS) is 13.7. The fraction of sp³-hybridized carbons (Fsp3) is 0.417. The van der Waals surface area contributed by atoms with Crippen LogP contribution in [0.15, 0.2) is 30.3 Å². The molecule has 6 nitrogen and oxygen atoms in total. The summed E-state index contributed by atoms with van der Waals surface area (Å²) in [5.41, 5.74) is 4.95. The highest BCUT2D eigenvalue weighted by molar-refractivity contribution is 7.79. The van der Waals surface area contributed by atoms with Gasteiger partial charge in [-0.15, -0.1) is 0 Å². The SMILES string of the molecule is CCCC(C)(N)C(=O)Oc1ccccc1.O=P(O)(O)Cl. The topological polar surface area (TPSA) is 110 Å². The van der Waals surface area contributed by atoms with E-state index in [-0.39, 0.29) is 5.97 Å². The van der Waals surface area contributed by atoms with E-state index in [0.717, 1.165) is 6.42 Å². The minimum Gasteiger partial charge on any atom is -0.425 e. The molecule has 0 bridgehead atoms. The van der Waals surface area contributed by atoms with Gasteiger partial charge in [0.2, 0.25) is 0 Å². The second kappa shape index (κ2) is 8.39. The molecule has 0 aliphatic rings. The molecule has 4 N–H and O–H groups in total. The summed E-state index contributed by atoms with van der Waals surface area (Å²) in [5.74, 6) is 0.158. The van der Waals surface area contributed by atoms with E-state index >= 15 is 0 Å². The Labute approximate surface area is 122 Å². The van der Waals surface area contributed by atoms with Gasteiger partial charge in [-0.05, 0) is 25.5 Å². The minimum absolute atomic E-state index is 0.379. The standard InChI is InChI=1S/C12H17NO2.ClH2O3P/c1-3-9-12(2,13)11(14)15-10-7-5-4-6-8-10;1-5(2,3)4/h4-8H,3,9,13H2,1-2H3;(H2,2,3,4). The van der Waals surface area contributed by atoms with Crippen LogP contribution in [0.5, 0.6) is 5.75 Å². The van der Waals surface area contributed by atoms with Crippen molar-refractivity contribution >= 4 is 24.2 Å². The molecule has 0 aromatic heterocycles. The summed E-state index contributed by atoms with van der Waals surface area (Å²) in [5, 5.41) is 0. The van der Waals surface area contributed by atoms with E-state index in [1.54, 1.807) is 19.1 Å². The Bertz CT molecular complexity index is 452. The van der Waals surface area contributed by atoms with Gasteiger partial charge in [0.1, 0.15) is 11.3 Å². The number of ether oxygens (including phenoxy) is 1. The van der Waals surface area contributed by atoms with Crippen molar-refractivity contribution in [1.82, 2.24) is 0 Å².